The number of esters is 1. The van der Waals surface area contributed by atoms with Crippen molar-refractivity contribution in [2.45, 2.75) is 46.1 Å². The van der Waals surface area contributed by atoms with Crippen molar-refractivity contribution in [2.75, 3.05) is 7.11 Å². The second kappa shape index (κ2) is 11.3. The molecule has 0 spiro atoms. The Morgan fingerprint density at radius 3 is 2.05 bits per heavy atom. The van der Waals surface area contributed by atoms with E-state index in [1.54, 1.807) is 12.1 Å². The zero-order valence-electron chi connectivity index (χ0n) is 22.7. The molecule has 0 amide bonds. The number of carbonyl (C=O) groups excluding carboxylic acids is 4. The molecule has 1 aromatic heterocycles. The van der Waals surface area contributed by atoms with E-state index in [1.807, 2.05) is 43.3 Å². The summed E-state index contributed by atoms with van der Waals surface area (Å²) in [7, 11) is 1.26. The molecule has 0 N–H and O–H groups in total. The molecule has 3 aromatic carbocycles. The Hall–Kier alpha value is -4.59. The molecule has 0 unspecified atom stereocenters. The van der Waals surface area contributed by atoms with Crippen LogP contribution in [0.25, 0.3) is 21.8 Å². The number of ketones is 2. The summed E-state index contributed by atoms with van der Waals surface area (Å²) in [5.41, 5.74) is 5.27. The summed E-state index contributed by atoms with van der Waals surface area (Å²) < 4.78 is 6.82. The minimum Gasteiger partial charge on any atom is -0.469 e. The van der Waals surface area contributed by atoms with E-state index in [9.17, 15) is 19.2 Å². The first kappa shape index (κ1) is 27.0. The van der Waals surface area contributed by atoms with E-state index >= 15 is 0 Å². The third kappa shape index (κ3) is 5.17. The SMILES string of the molecule is CCn1c2ccc(C(=O)C(CCC(=O)OC)=NOC(C)=O)cc2c2cc(C(=O)C3Cc4ccccc4C3)ccc21. The summed E-state index contributed by atoms with van der Waals surface area (Å²) in [6.07, 6.45) is 1.34. The van der Waals surface area contributed by atoms with Crippen LogP contribution in [0.1, 0.15) is 58.5 Å². The number of rotatable bonds is 9. The molecule has 204 valence electrons. The van der Waals surface area contributed by atoms with Gasteiger partial charge >= 0.3 is 11.9 Å². The van der Waals surface area contributed by atoms with Crippen molar-refractivity contribution in [1.29, 1.82) is 0 Å². The molecule has 0 radical (unpaired) electrons. The average molecular weight is 539 g/mol. The molecule has 1 aliphatic rings. The van der Waals surface area contributed by atoms with Gasteiger partial charge in [-0.2, -0.15) is 0 Å². The Kier molecular flexibility index (Phi) is 7.60. The van der Waals surface area contributed by atoms with Gasteiger partial charge < -0.3 is 14.1 Å². The number of benzene rings is 3. The van der Waals surface area contributed by atoms with Crippen molar-refractivity contribution in [3.05, 3.63) is 82.9 Å². The van der Waals surface area contributed by atoms with Gasteiger partial charge in [-0.25, -0.2) is 4.79 Å². The Balaban J connectivity index is 1.52. The van der Waals surface area contributed by atoms with Gasteiger partial charge in [-0.05, 0) is 67.3 Å². The molecular weight excluding hydrogens is 508 g/mol. The number of aryl methyl sites for hydroxylation is 1. The fourth-order valence-electron chi connectivity index (χ4n) is 5.53. The molecular formula is C32H30N2O6. The Labute approximate surface area is 231 Å². The van der Waals surface area contributed by atoms with Gasteiger partial charge in [0, 0.05) is 58.7 Å². The summed E-state index contributed by atoms with van der Waals surface area (Å²) in [5.74, 6) is -1.62. The summed E-state index contributed by atoms with van der Waals surface area (Å²) >= 11 is 0. The highest BCUT2D eigenvalue weighted by molar-refractivity contribution is 6.46. The van der Waals surface area contributed by atoms with Crippen LogP contribution in [0.4, 0.5) is 0 Å². The zero-order chi connectivity index (χ0) is 28.4. The van der Waals surface area contributed by atoms with Crippen LogP contribution in [-0.4, -0.2) is 40.9 Å². The summed E-state index contributed by atoms with van der Waals surface area (Å²) in [6, 6.07) is 19.3. The molecule has 40 heavy (non-hydrogen) atoms. The van der Waals surface area contributed by atoms with Crippen LogP contribution in [0, 0.1) is 5.92 Å². The molecule has 0 bridgehead atoms. The van der Waals surface area contributed by atoms with E-state index in [-0.39, 0.29) is 30.3 Å². The summed E-state index contributed by atoms with van der Waals surface area (Å²) in [5, 5.41) is 5.43. The number of oxime groups is 1. The maximum Gasteiger partial charge on any atom is 0.331 e. The quantitative estimate of drug-likeness (QED) is 0.0921. The fraction of sp³-hybridized carbons (Fsp3) is 0.281. The minimum absolute atomic E-state index is 0.0457. The molecule has 4 aromatic rings. The van der Waals surface area contributed by atoms with Gasteiger partial charge in [0.25, 0.3) is 0 Å². The normalized spacial score (nSPS) is 13.4. The van der Waals surface area contributed by atoms with E-state index in [0.717, 1.165) is 34.6 Å². The van der Waals surface area contributed by atoms with Crippen molar-refractivity contribution in [2.24, 2.45) is 11.1 Å². The second-order valence-electron chi connectivity index (χ2n) is 9.97. The van der Waals surface area contributed by atoms with Gasteiger partial charge in [0.2, 0.25) is 5.78 Å². The maximum absolute atomic E-state index is 13.6. The van der Waals surface area contributed by atoms with Crippen LogP contribution in [0.2, 0.25) is 0 Å². The first-order valence-electron chi connectivity index (χ1n) is 13.3. The molecule has 0 atom stereocenters. The molecule has 5 rings (SSSR count). The molecule has 0 saturated carbocycles. The Bertz CT molecular complexity index is 1670. The summed E-state index contributed by atoms with van der Waals surface area (Å²) in [4.78, 5) is 54.8. The molecule has 8 heteroatoms. The standard InChI is InChI=1S/C32H30N2O6/c1-4-34-28-12-9-22(31(37)24-15-20-7-5-6-8-21(20)16-24)17-25(28)26-18-23(10-13-29(26)34)32(38)27(33-40-19(2)35)11-14-30(36)39-3/h5-10,12-13,17-18,24H,4,11,14-16H2,1-3H3. The minimum atomic E-state index is -0.674. The first-order valence-corrected chi connectivity index (χ1v) is 13.3. The number of fused-ring (bicyclic) bond motifs is 4. The number of aromatic nitrogens is 1. The van der Waals surface area contributed by atoms with Crippen molar-refractivity contribution < 1.29 is 28.8 Å². The molecule has 0 aliphatic heterocycles. The van der Waals surface area contributed by atoms with Crippen LogP contribution in [0.3, 0.4) is 0 Å². The lowest BCUT2D eigenvalue weighted by atomic mass is 9.94. The van der Waals surface area contributed by atoms with Gasteiger partial charge in [0.15, 0.2) is 5.78 Å². The smallest absolute Gasteiger partial charge is 0.331 e. The number of hydrogen-bond acceptors (Lipinski definition) is 7. The average Bonchev–Trinajstić information content (AvgIpc) is 3.54. The molecule has 0 fully saturated rings. The van der Waals surface area contributed by atoms with Crippen LogP contribution in [0.15, 0.2) is 65.8 Å². The van der Waals surface area contributed by atoms with Crippen LogP contribution < -0.4 is 0 Å². The maximum atomic E-state index is 13.6. The Morgan fingerprint density at radius 2 is 1.48 bits per heavy atom. The van der Waals surface area contributed by atoms with Crippen LogP contribution in [0.5, 0.6) is 0 Å². The molecule has 1 aliphatic carbocycles. The van der Waals surface area contributed by atoms with Gasteiger partial charge in [0.1, 0.15) is 5.71 Å². The molecule has 8 nitrogen and oxygen atoms in total. The third-order valence-corrected chi connectivity index (χ3v) is 7.49. The van der Waals surface area contributed by atoms with E-state index in [2.05, 4.69) is 26.6 Å². The molecule has 0 saturated heterocycles. The van der Waals surface area contributed by atoms with E-state index in [0.29, 0.717) is 17.7 Å². The van der Waals surface area contributed by atoms with Gasteiger partial charge in [-0.15, -0.1) is 0 Å². The zero-order valence-corrected chi connectivity index (χ0v) is 22.7. The van der Waals surface area contributed by atoms with Crippen molar-refractivity contribution in [3.8, 4) is 0 Å². The number of ether oxygens (including phenoxy) is 1. The van der Waals surface area contributed by atoms with E-state index in [4.69, 9.17) is 4.84 Å². The predicted molar refractivity (Wildman–Crippen MR) is 152 cm³/mol. The van der Waals surface area contributed by atoms with E-state index in [1.165, 1.54) is 25.2 Å². The lowest BCUT2D eigenvalue weighted by Gasteiger charge is -2.09. The lowest BCUT2D eigenvalue weighted by Crippen LogP contribution is -2.17. The van der Waals surface area contributed by atoms with Crippen LogP contribution in [-0.2, 0) is 38.5 Å². The molecule has 1 heterocycles. The van der Waals surface area contributed by atoms with Gasteiger partial charge in [-0.1, -0.05) is 29.4 Å². The monoisotopic (exact) mass is 538 g/mol. The highest BCUT2D eigenvalue weighted by Crippen LogP contribution is 2.34. The third-order valence-electron chi connectivity index (χ3n) is 7.49. The number of hydrogen-bond donors (Lipinski definition) is 0. The van der Waals surface area contributed by atoms with Gasteiger partial charge in [0.05, 0.1) is 13.5 Å². The highest BCUT2D eigenvalue weighted by atomic mass is 16.7. The van der Waals surface area contributed by atoms with Crippen LogP contribution >= 0.6 is 0 Å². The number of nitrogens with zero attached hydrogens (tertiary/aromatic N) is 2. The fourth-order valence-corrected chi connectivity index (χ4v) is 5.53. The number of carbonyl (C=O) groups is 4. The Morgan fingerprint density at radius 1 is 0.875 bits per heavy atom. The topological polar surface area (TPSA) is 104 Å². The first-order chi connectivity index (χ1) is 19.3. The second-order valence-corrected chi connectivity index (χ2v) is 9.97. The van der Waals surface area contributed by atoms with Crippen molar-refractivity contribution in [3.63, 3.8) is 0 Å². The van der Waals surface area contributed by atoms with Crippen molar-refractivity contribution in [1.82, 2.24) is 4.57 Å². The predicted octanol–water partition coefficient (Wildman–Crippen LogP) is 5.47. The number of methoxy groups -OCH3 is 1. The largest absolute Gasteiger partial charge is 0.469 e. The van der Waals surface area contributed by atoms with Gasteiger partial charge in [-0.3, -0.25) is 14.4 Å². The lowest BCUT2D eigenvalue weighted by molar-refractivity contribution is -0.141. The highest BCUT2D eigenvalue weighted by Gasteiger charge is 2.28. The summed E-state index contributed by atoms with van der Waals surface area (Å²) in [6.45, 7) is 3.93. The number of Topliss-reactive ketones (excluding diaryl/α,β-unsaturated/α-hetero) is 2. The van der Waals surface area contributed by atoms with Crippen molar-refractivity contribution >= 4 is 51.0 Å². The van der Waals surface area contributed by atoms with E-state index < -0.39 is 17.7 Å².